The van der Waals surface area contributed by atoms with Gasteiger partial charge in [0.25, 0.3) is 0 Å². The summed E-state index contributed by atoms with van der Waals surface area (Å²) < 4.78 is 1.35. The number of ketones is 1. The number of aliphatic hydroxyl groups excluding tert-OH is 1. The molecule has 0 saturated carbocycles. The predicted molar refractivity (Wildman–Crippen MR) is 259 cm³/mol. The number of nitrogens with zero attached hydrogens (tertiary/aromatic N) is 4. The molecule has 6 nitrogen and oxygen atoms in total. The van der Waals surface area contributed by atoms with Crippen LogP contribution in [0, 0.1) is 63.1 Å². The lowest BCUT2D eigenvalue weighted by molar-refractivity contribution is 0.104. The Labute approximate surface area is 383 Å². The Balaban J connectivity index is 1.38. The summed E-state index contributed by atoms with van der Waals surface area (Å²) in [7, 11) is 0. The second-order valence-corrected chi connectivity index (χ2v) is 20.8. The molecule has 10 heteroatoms. The van der Waals surface area contributed by atoms with E-state index in [1.54, 1.807) is 41.3 Å². The van der Waals surface area contributed by atoms with Crippen LogP contribution in [0.1, 0.15) is 133 Å². The summed E-state index contributed by atoms with van der Waals surface area (Å²) in [6, 6.07) is 25.1. The van der Waals surface area contributed by atoms with Crippen molar-refractivity contribution in [1.82, 2.24) is 0 Å². The van der Waals surface area contributed by atoms with Gasteiger partial charge in [0, 0.05) is 58.6 Å². The third kappa shape index (κ3) is 8.88. The summed E-state index contributed by atoms with van der Waals surface area (Å²) in [4.78, 5) is 17.1. The summed E-state index contributed by atoms with van der Waals surface area (Å²) in [6.45, 7) is 9.11. The maximum atomic E-state index is 14.0. The second kappa shape index (κ2) is 20.6. The van der Waals surface area contributed by atoms with Crippen molar-refractivity contribution >= 4 is 75.2 Å². The summed E-state index contributed by atoms with van der Waals surface area (Å²) in [5, 5.41) is 51.8. The quantitative estimate of drug-likeness (QED) is 0.110. The van der Waals surface area contributed by atoms with Gasteiger partial charge < -0.3 is 5.11 Å². The number of aliphatic hydroxyl groups is 1. The van der Waals surface area contributed by atoms with E-state index in [4.69, 9.17) is 0 Å². The van der Waals surface area contributed by atoms with Crippen LogP contribution in [0.25, 0.3) is 22.8 Å². The van der Waals surface area contributed by atoms with Crippen LogP contribution in [0.15, 0.2) is 98.2 Å². The molecule has 0 saturated heterocycles. The van der Waals surface area contributed by atoms with Crippen molar-refractivity contribution in [3.63, 3.8) is 0 Å². The fourth-order valence-corrected chi connectivity index (χ4v) is 14.8. The van der Waals surface area contributed by atoms with E-state index in [2.05, 4.69) is 52.0 Å². The maximum Gasteiger partial charge on any atom is 0.194 e. The Morgan fingerprint density at radius 1 is 0.774 bits per heavy atom. The van der Waals surface area contributed by atoms with Crippen LogP contribution in [-0.2, 0) is 0 Å². The zero-order valence-electron chi connectivity index (χ0n) is 35.7. The number of carbonyl (C=O) groups is 1. The van der Waals surface area contributed by atoms with Gasteiger partial charge in [-0.15, -0.1) is 46.6 Å². The van der Waals surface area contributed by atoms with Crippen LogP contribution < -0.4 is 0 Å². The monoisotopic (exact) mass is 890 g/mol. The van der Waals surface area contributed by atoms with E-state index in [0.717, 1.165) is 34.1 Å². The van der Waals surface area contributed by atoms with Crippen molar-refractivity contribution in [1.29, 1.82) is 21.0 Å². The summed E-state index contributed by atoms with van der Waals surface area (Å²) in [5.41, 5.74) is 6.67. The molecule has 314 valence electrons. The van der Waals surface area contributed by atoms with E-state index < -0.39 is 6.10 Å². The first-order chi connectivity index (χ1) is 30.2. The molecule has 2 aromatic carbocycles. The normalized spacial score (nSPS) is 20.5. The van der Waals surface area contributed by atoms with E-state index in [0.29, 0.717) is 56.4 Å². The van der Waals surface area contributed by atoms with Gasteiger partial charge in [0.1, 0.15) is 41.5 Å². The molecule has 3 aliphatic carbocycles. The lowest BCUT2D eigenvalue weighted by Crippen LogP contribution is -2.06. The summed E-state index contributed by atoms with van der Waals surface area (Å²) in [5.74, 6) is 3.13. The minimum absolute atomic E-state index is 0.0204. The van der Waals surface area contributed by atoms with Crippen LogP contribution in [0.2, 0.25) is 0 Å². The zero-order chi connectivity index (χ0) is 43.9. The average molecular weight is 891 g/mol. The van der Waals surface area contributed by atoms with Gasteiger partial charge in [-0.3, -0.25) is 4.79 Å². The van der Waals surface area contributed by atoms with Crippen molar-refractivity contribution in [2.75, 3.05) is 11.5 Å². The molecule has 3 aromatic rings. The number of thioether (sulfide) groups is 3. The number of benzene rings is 2. The van der Waals surface area contributed by atoms with Crippen LogP contribution in [0.3, 0.4) is 0 Å². The average Bonchev–Trinajstić information content (AvgIpc) is 4.08. The first-order valence-corrected chi connectivity index (χ1v) is 25.4. The molecule has 0 bridgehead atoms. The Morgan fingerprint density at radius 3 is 1.95 bits per heavy atom. The molecular formula is C52H50N4O2S4. The fourth-order valence-electron chi connectivity index (χ4n) is 8.91. The SMILES string of the molecule is CCCCC(CC)CSC(SCC(CC)CCCC)=C1c2cc(/C=C3\C(=O)c4ccccc4C3=C(C#N)C#N)sc2C2SC(/C=C3/C(=C(C#N)C#N)c4ccccc4C3O)=CC12. The number of thiophene rings is 1. The standard InChI is InChI=1S/C52H50N4O2S4/c1-5-9-15-31(7-3)29-59-52(60-30-32(8-4)16-10-6-2)47-43-23-35(21-41-45(33(25-53)26-54)37-17-11-13-19-39(37)48(41)57)61-50(43)51-44(47)24-36(62-51)22-42-46(34(27-55)28-56)38-18-12-14-20-40(38)49(42)58/h11-14,17-24,31-32,43,48,50,57H,5-10,15-16,29-30H2,1-4H3/b41-21-,42-22-,52-47?. The highest BCUT2D eigenvalue weighted by molar-refractivity contribution is 8.22. The minimum atomic E-state index is -0.975. The van der Waals surface area contributed by atoms with E-state index in [9.17, 15) is 30.9 Å². The first kappa shape index (κ1) is 45.3. The zero-order valence-corrected chi connectivity index (χ0v) is 38.9. The van der Waals surface area contributed by atoms with Crippen LogP contribution in [0.5, 0.6) is 0 Å². The van der Waals surface area contributed by atoms with Crippen molar-refractivity contribution < 1.29 is 9.90 Å². The Morgan fingerprint density at radius 2 is 1.35 bits per heavy atom. The van der Waals surface area contributed by atoms with Crippen molar-refractivity contribution in [2.45, 2.75) is 90.4 Å². The van der Waals surface area contributed by atoms with Crippen molar-refractivity contribution in [2.24, 2.45) is 17.8 Å². The number of rotatable bonds is 16. The van der Waals surface area contributed by atoms with Gasteiger partial charge in [-0.05, 0) is 76.3 Å². The molecule has 1 N–H and O–H groups in total. The van der Waals surface area contributed by atoms with Crippen molar-refractivity contribution in [3.8, 4) is 24.3 Å². The van der Waals surface area contributed by atoms with Crippen molar-refractivity contribution in [3.05, 3.63) is 136 Å². The Kier molecular flexibility index (Phi) is 15.0. The molecule has 62 heavy (non-hydrogen) atoms. The number of unbranched alkanes of at least 4 members (excludes halogenated alkanes) is 2. The molecule has 0 fully saturated rings. The molecule has 4 aliphatic rings. The second-order valence-electron chi connectivity index (χ2n) is 16.2. The van der Waals surface area contributed by atoms with Gasteiger partial charge in [0.2, 0.25) is 0 Å². The molecule has 5 atom stereocenters. The lowest BCUT2D eigenvalue weighted by atomic mass is 9.97. The van der Waals surface area contributed by atoms with E-state index in [-0.39, 0.29) is 28.1 Å². The maximum absolute atomic E-state index is 14.0. The molecule has 7 rings (SSSR count). The van der Waals surface area contributed by atoms with Crippen LogP contribution in [-0.4, -0.2) is 22.4 Å². The molecule has 1 aliphatic heterocycles. The fraction of sp³-hybridized carbons (Fsp3) is 0.365. The van der Waals surface area contributed by atoms with E-state index in [1.165, 1.54) is 58.8 Å². The molecule has 0 radical (unpaired) electrons. The highest BCUT2D eigenvalue weighted by Gasteiger charge is 2.44. The minimum Gasteiger partial charge on any atom is -0.384 e. The number of fused-ring (bicyclic) bond motifs is 5. The predicted octanol–water partition coefficient (Wildman–Crippen LogP) is 14.2. The third-order valence-electron chi connectivity index (χ3n) is 12.4. The number of hydrogen-bond donors (Lipinski definition) is 1. The molecule has 0 spiro atoms. The molecular weight excluding hydrogens is 841 g/mol. The van der Waals surface area contributed by atoms with E-state index >= 15 is 0 Å². The highest BCUT2D eigenvalue weighted by atomic mass is 32.2. The van der Waals surface area contributed by atoms with Crippen LogP contribution in [0.4, 0.5) is 0 Å². The number of hydrogen-bond acceptors (Lipinski definition) is 10. The van der Waals surface area contributed by atoms with Gasteiger partial charge >= 0.3 is 0 Å². The van der Waals surface area contributed by atoms with Gasteiger partial charge in [-0.2, -0.15) is 21.0 Å². The van der Waals surface area contributed by atoms with E-state index in [1.807, 2.05) is 78.1 Å². The Bertz CT molecular complexity index is 2580. The van der Waals surface area contributed by atoms with Crippen LogP contribution >= 0.6 is 46.6 Å². The van der Waals surface area contributed by atoms with Gasteiger partial charge in [0.15, 0.2) is 5.78 Å². The van der Waals surface area contributed by atoms with Gasteiger partial charge in [-0.1, -0.05) is 121 Å². The number of nitriles is 4. The van der Waals surface area contributed by atoms with Gasteiger partial charge in [-0.25, -0.2) is 0 Å². The largest absolute Gasteiger partial charge is 0.384 e. The third-order valence-corrected chi connectivity index (χ3v) is 18.0. The molecule has 0 amide bonds. The number of allylic oxidation sites excluding steroid dienone is 7. The lowest BCUT2D eigenvalue weighted by Gasteiger charge is -2.21. The highest BCUT2D eigenvalue weighted by Crippen LogP contribution is 2.64. The summed E-state index contributed by atoms with van der Waals surface area (Å²) in [6.07, 6.45) is 14.7. The smallest absolute Gasteiger partial charge is 0.194 e. The van der Waals surface area contributed by atoms with Gasteiger partial charge in [0.05, 0.1) is 5.25 Å². The summed E-state index contributed by atoms with van der Waals surface area (Å²) >= 11 is 7.39. The molecule has 2 heterocycles. The topological polar surface area (TPSA) is 132 Å². The number of Topliss-reactive ketones (excluding diaryl/α,β-unsaturated/α-hetero) is 1. The Hall–Kier alpha value is -4.78. The molecule has 1 aromatic heterocycles. The number of carbonyl (C=O) groups excluding carboxylic acids is 1. The molecule has 5 unspecified atom stereocenters. The first-order valence-electron chi connectivity index (χ1n) is 21.7.